The normalized spacial score (nSPS) is 39.3. The highest BCUT2D eigenvalue weighted by Crippen LogP contribution is 2.67. The molecule has 3 fully saturated rings. The van der Waals surface area contributed by atoms with Crippen molar-refractivity contribution >= 4 is 0 Å². The first kappa shape index (κ1) is 22.9. The molecule has 0 amide bonds. The second-order valence-electron chi connectivity index (χ2n) is 11.4. The lowest BCUT2D eigenvalue weighted by atomic mass is 9.53. The molecule has 1 N–H and O–H groups in total. The monoisotopic (exact) mass is 398 g/mol. The van der Waals surface area contributed by atoms with Crippen molar-refractivity contribution in [3.8, 4) is 0 Å². The molecule has 3 saturated carbocycles. The first-order valence-corrected chi connectivity index (χ1v) is 12.4. The summed E-state index contributed by atoms with van der Waals surface area (Å²) in [7, 11) is 0. The van der Waals surface area contributed by atoms with Gasteiger partial charge in [-0.1, -0.05) is 83.8 Å². The first-order chi connectivity index (χ1) is 13.7. The predicted molar refractivity (Wildman–Crippen MR) is 126 cm³/mol. The van der Waals surface area contributed by atoms with Crippen LogP contribution in [-0.2, 0) is 0 Å². The van der Waals surface area contributed by atoms with Crippen molar-refractivity contribution < 1.29 is 5.11 Å². The molecule has 1 heteroatoms. The van der Waals surface area contributed by atoms with Crippen LogP contribution in [0.5, 0.6) is 0 Å². The largest absolute Gasteiger partial charge is 0.393 e. The number of rotatable bonds is 6. The number of aliphatic hydroxyl groups excluding tert-OH is 1. The van der Waals surface area contributed by atoms with Gasteiger partial charge >= 0.3 is 0 Å². The van der Waals surface area contributed by atoms with E-state index in [9.17, 15) is 5.11 Å². The lowest BCUT2D eigenvalue weighted by molar-refractivity contribution is 0.0341. The first-order valence-electron chi connectivity index (χ1n) is 12.4. The van der Waals surface area contributed by atoms with Crippen molar-refractivity contribution in [1.29, 1.82) is 0 Å². The van der Waals surface area contributed by atoms with Crippen molar-refractivity contribution in [3.05, 3.63) is 35.5 Å². The van der Waals surface area contributed by atoms with Crippen molar-refractivity contribution in [2.24, 2.45) is 28.6 Å². The Labute approximate surface area is 180 Å². The molecular formula is C28H46O. The minimum atomic E-state index is -0.181. The number of aliphatic hydroxyl groups is 1. The Bertz CT molecular complexity index is 653. The second kappa shape index (κ2) is 9.13. The van der Waals surface area contributed by atoms with Gasteiger partial charge in [0.05, 0.1) is 6.10 Å². The van der Waals surface area contributed by atoms with Gasteiger partial charge in [0.25, 0.3) is 0 Å². The van der Waals surface area contributed by atoms with Crippen molar-refractivity contribution in [1.82, 2.24) is 0 Å². The molecule has 0 aromatic carbocycles. The Hall–Kier alpha value is -0.820. The highest BCUT2D eigenvalue weighted by Gasteiger charge is 2.57. The van der Waals surface area contributed by atoms with Crippen molar-refractivity contribution in [2.75, 3.05) is 0 Å². The Kier molecular flexibility index (Phi) is 7.19. The topological polar surface area (TPSA) is 20.2 Å². The lowest BCUT2D eigenvalue weighted by Crippen LogP contribution is -2.43. The van der Waals surface area contributed by atoms with Gasteiger partial charge in [0.15, 0.2) is 0 Å². The number of hydrogen-bond donors (Lipinski definition) is 1. The van der Waals surface area contributed by atoms with E-state index in [1.807, 2.05) is 0 Å². The highest BCUT2D eigenvalue weighted by molar-refractivity contribution is 5.37. The molecule has 0 aliphatic heterocycles. The quantitative estimate of drug-likeness (QED) is 0.480. The van der Waals surface area contributed by atoms with Crippen molar-refractivity contribution in [2.45, 2.75) is 111 Å². The van der Waals surface area contributed by atoms with Crippen LogP contribution in [0.1, 0.15) is 105 Å². The molecular weight excluding hydrogens is 352 g/mol. The summed E-state index contributed by atoms with van der Waals surface area (Å²) < 4.78 is 0. The van der Waals surface area contributed by atoms with Gasteiger partial charge in [-0.3, -0.25) is 0 Å². The fourth-order valence-corrected chi connectivity index (χ4v) is 6.99. The average Bonchev–Trinajstić information content (AvgIpc) is 2.94. The zero-order valence-corrected chi connectivity index (χ0v) is 19.9. The number of allylic oxidation sites excluding steroid dienone is 4. The van der Waals surface area contributed by atoms with Gasteiger partial charge in [-0.15, -0.1) is 0 Å². The molecule has 0 aromatic rings. The molecule has 0 aromatic heterocycles. The molecule has 3 aliphatic carbocycles. The summed E-state index contributed by atoms with van der Waals surface area (Å²) in [5, 5.41) is 10.1. The van der Waals surface area contributed by atoms with Gasteiger partial charge < -0.3 is 5.11 Å². The Morgan fingerprint density at radius 1 is 1.07 bits per heavy atom. The van der Waals surface area contributed by atoms with Crippen LogP contribution >= 0.6 is 0 Å². The van der Waals surface area contributed by atoms with E-state index in [4.69, 9.17) is 0 Å². The van der Waals surface area contributed by atoms with E-state index in [0.717, 1.165) is 37.0 Å². The molecule has 0 bridgehead atoms. The summed E-state index contributed by atoms with van der Waals surface area (Å²) in [6, 6.07) is 0. The zero-order valence-electron chi connectivity index (χ0n) is 19.9. The van der Waals surface area contributed by atoms with E-state index < -0.39 is 0 Å². The van der Waals surface area contributed by atoms with Crippen LogP contribution in [-0.4, -0.2) is 11.2 Å². The molecule has 0 radical (unpaired) electrons. The Morgan fingerprint density at radius 2 is 1.83 bits per heavy atom. The molecule has 0 heterocycles. The van der Waals surface area contributed by atoms with E-state index in [1.54, 1.807) is 5.57 Å². The minimum absolute atomic E-state index is 0.181. The van der Waals surface area contributed by atoms with Gasteiger partial charge in [-0.25, -0.2) is 0 Å². The summed E-state index contributed by atoms with van der Waals surface area (Å²) in [4.78, 5) is 0. The molecule has 3 aliphatic rings. The highest BCUT2D eigenvalue weighted by atomic mass is 16.3. The van der Waals surface area contributed by atoms with E-state index in [1.165, 1.54) is 62.5 Å². The number of fused-ring (bicyclic) bond motifs is 1. The molecule has 5 atom stereocenters. The van der Waals surface area contributed by atoms with Gasteiger partial charge in [-0.2, -0.15) is 0 Å². The average molecular weight is 399 g/mol. The molecule has 1 unspecified atom stereocenters. The van der Waals surface area contributed by atoms with Crippen LogP contribution in [0.25, 0.3) is 0 Å². The smallest absolute Gasteiger partial charge is 0.0583 e. The van der Waals surface area contributed by atoms with Crippen LogP contribution < -0.4 is 0 Å². The fraction of sp³-hybridized carbons (Fsp3) is 0.786. The van der Waals surface area contributed by atoms with E-state index in [2.05, 4.69) is 53.3 Å². The standard InChI is InChI=1S/C28H46O/c1-20(2)9-7-10-22(4)26-16-18-27(5)24(11-8-17-28(26,27)6)14-13-23-19-25(29)15-12-21(23)3/h13-14,20,22,25-26,29H,3,7-12,15-19H2,1-2,4-6H3/b23-13-,24-14+/t22?,25-,26+,27-,28+/m0/s1. The van der Waals surface area contributed by atoms with Gasteiger partial charge in [0.1, 0.15) is 0 Å². The number of hydrogen-bond acceptors (Lipinski definition) is 1. The molecule has 164 valence electrons. The summed E-state index contributed by atoms with van der Waals surface area (Å²) in [5.41, 5.74) is 4.97. The molecule has 29 heavy (non-hydrogen) atoms. The van der Waals surface area contributed by atoms with E-state index >= 15 is 0 Å². The summed E-state index contributed by atoms with van der Waals surface area (Å²) in [6.45, 7) is 16.7. The third kappa shape index (κ3) is 4.60. The third-order valence-electron chi connectivity index (χ3n) is 9.19. The molecule has 0 spiro atoms. The maximum absolute atomic E-state index is 10.1. The summed E-state index contributed by atoms with van der Waals surface area (Å²) >= 11 is 0. The van der Waals surface area contributed by atoms with Gasteiger partial charge in [-0.05, 0) is 85.5 Å². The van der Waals surface area contributed by atoms with E-state index in [-0.39, 0.29) is 6.10 Å². The van der Waals surface area contributed by atoms with Gasteiger partial charge in [0.2, 0.25) is 0 Å². The SMILES string of the molecule is C=C1CC[C@H](O)C/C1=C/C=C1\CCC[C@]2(C)[C@@H](C(C)CCCC(C)C)CC[C@@]12C. The Balaban J connectivity index is 1.77. The summed E-state index contributed by atoms with van der Waals surface area (Å²) in [6.07, 6.45) is 18.1. The van der Waals surface area contributed by atoms with Crippen LogP contribution in [0.3, 0.4) is 0 Å². The van der Waals surface area contributed by atoms with Crippen LogP contribution in [0.2, 0.25) is 0 Å². The zero-order chi connectivity index (χ0) is 21.2. The Morgan fingerprint density at radius 3 is 2.55 bits per heavy atom. The van der Waals surface area contributed by atoms with Crippen LogP contribution in [0.15, 0.2) is 35.5 Å². The second-order valence-corrected chi connectivity index (χ2v) is 11.4. The molecule has 1 nitrogen and oxygen atoms in total. The maximum Gasteiger partial charge on any atom is 0.0583 e. The predicted octanol–water partition coefficient (Wildman–Crippen LogP) is 8.01. The minimum Gasteiger partial charge on any atom is -0.393 e. The maximum atomic E-state index is 10.1. The van der Waals surface area contributed by atoms with Crippen molar-refractivity contribution in [3.63, 3.8) is 0 Å². The van der Waals surface area contributed by atoms with Crippen LogP contribution in [0, 0.1) is 28.6 Å². The lowest BCUT2D eigenvalue weighted by Gasteiger charge is -2.51. The van der Waals surface area contributed by atoms with Crippen LogP contribution in [0.4, 0.5) is 0 Å². The molecule has 3 rings (SSSR count). The fourth-order valence-electron chi connectivity index (χ4n) is 6.99. The van der Waals surface area contributed by atoms with Gasteiger partial charge in [0, 0.05) is 0 Å². The summed E-state index contributed by atoms with van der Waals surface area (Å²) in [5.74, 6) is 2.53. The van der Waals surface area contributed by atoms with E-state index in [0.29, 0.717) is 10.8 Å². The third-order valence-corrected chi connectivity index (χ3v) is 9.19. The molecule has 0 saturated heterocycles.